The van der Waals surface area contributed by atoms with Crippen molar-refractivity contribution < 1.29 is 9.47 Å². The molecule has 2 aromatic rings. The van der Waals surface area contributed by atoms with Gasteiger partial charge < -0.3 is 14.9 Å². The van der Waals surface area contributed by atoms with Gasteiger partial charge in [-0.3, -0.25) is 0 Å². The van der Waals surface area contributed by atoms with E-state index in [0.717, 1.165) is 11.3 Å². The van der Waals surface area contributed by atoms with Gasteiger partial charge in [-0.25, -0.2) is 4.99 Å². The first kappa shape index (κ1) is 13.4. The number of nitrogens with one attached hydrogen (secondary N) is 1. The summed E-state index contributed by atoms with van der Waals surface area (Å²) in [5, 5.41) is 7.69. The fourth-order valence-corrected chi connectivity index (χ4v) is 2.55. The van der Waals surface area contributed by atoms with Crippen molar-refractivity contribution in [3.05, 3.63) is 54.1 Å². The highest BCUT2D eigenvalue weighted by molar-refractivity contribution is 6.34. The lowest BCUT2D eigenvalue weighted by atomic mass is 9.88. The van der Waals surface area contributed by atoms with Crippen molar-refractivity contribution in [2.75, 3.05) is 7.11 Å². The zero-order chi connectivity index (χ0) is 14.9. The van der Waals surface area contributed by atoms with E-state index in [1.807, 2.05) is 55.5 Å². The number of rotatable bonds is 3. The average Bonchev–Trinajstić information content (AvgIpc) is 2.54. The van der Waals surface area contributed by atoms with Crippen LogP contribution in [0.1, 0.15) is 12.5 Å². The Morgan fingerprint density at radius 3 is 2.62 bits per heavy atom. The van der Waals surface area contributed by atoms with Crippen molar-refractivity contribution in [2.45, 2.75) is 12.5 Å². The van der Waals surface area contributed by atoms with Crippen LogP contribution in [0.2, 0.25) is 0 Å². The zero-order valence-electron chi connectivity index (χ0n) is 12.0. The molecule has 0 fully saturated rings. The third kappa shape index (κ3) is 2.09. The Morgan fingerprint density at radius 2 is 1.86 bits per heavy atom. The maximum Gasteiger partial charge on any atom is 0.178 e. The molecule has 0 saturated heterocycles. The number of fused-ring (bicyclic) bond motifs is 1. The second-order valence-electron chi connectivity index (χ2n) is 4.94. The van der Waals surface area contributed by atoms with Crippen molar-refractivity contribution in [1.29, 1.82) is 5.41 Å². The van der Waals surface area contributed by atoms with Crippen LogP contribution in [0.15, 0.2) is 53.5 Å². The smallest absolute Gasteiger partial charge is 0.178 e. The van der Waals surface area contributed by atoms with Gasteiger partial charge in [0.05, 0.1) is 7.11 Å². The predicted octanol–water partition coefficient (Wildman–Crippen LogP) is 3.73. The summed E-state index contributed by atoms with van der Waals surface area (Å²) in [4.78, 5) is 4.56. The maximum absolute atomic E-state index is 7.69. The van der Waals surface area contributed by atoms with Crippen LogP contribution in [0.25, 0.3) is 0 Å². The lowest BCUT2D eigenvalue weighted by molar-refractivity contribution is 0.157. The molecule has 4 heteroatoms. The molecule has 21 heavy (non-hydrogen) atoms. The van der Waals surface area contributed by atoms with E-state index in [9.17, 15) is 0 Å². The van der Waals surface area contributed by atoms with E-state index in [4.69, 9.17) is 14.9 Å². The first-order chi connectivity index (χ1) is 10.2. The lowest BCUT2D eigenvalue weighted by Gasteiger charge is -2.35. The maximum atomic E-state index is 7.69. The van der Waals surface area contributed by atoms with Gasteiger partial charge in [-0.15, -0.1) is 0 Å². The Hall–Kier alpha value is -2.62. The standard InChI is InChI=1S/C17H16N2O2/c1-17(12-7-3-5-9-14(12)20-2)16(11-18)19-13-8-4-6-10-15(13)21-17/h3-11,18H,1-2H3. The molecule has 1 aliphatic heterocycles. The van der Waals surface area contributed by atoms with Gasteiger partial charge in [-0.2, -0.15) is 0 Å². The van der Waals surface area contributed by atoms with Gasteiger partial charge in [0.1, 0.15) is 22.9 Å². The number of aliphatic imine (C=N–C) groups is 1. The van der Waals surface area contributed by atoms with E-state index in [-0.39, 0.29) is 0 Å². The molecule has 1 atom stereocenters. The molecule has 1 N–H and O–H groups in total. The summed E-state index contributed by atoms with van der Waals surface area (Å²) < 4.78 is 11.6. The first-order valence-electron chi connectivity index (χ1n) is 6.70. The molecular formula is C17H16N2O2. The number of methoxy groups -OCH3 is 1. The number of para-hydroxylation sites is 3. The number of ether oxygens (including phenoxy) is 2. The fourth-order valence-electron chi connectivity index (χ4n) is 2.55. The van der Waals surface area contributed by atoms with Crippen molar-refractivity contribution in [3.8, 4) is 11.5 Å². The highest BCUT2D eigenvalue weighted by atomic mass is 16.5. The van der Waals surface area contributed by atoms with Gasteiger partial charge >= 0.3 is 0 Å². The van der Waals surface area contributed by atoms with Gasteiger partial charge in [-0.05, 0) is 25.1 Å². The Labute approximate surface area is 123 Å². The molecule has 0 spiro atoms. The van der Waals surface area contributed by atoms with Gasteiger partial charge in [0, 0.05) is 11.8 Å². The minimum Gasteiger partial charge on any atom is -0.496 e. The topological polar surface area (TPSA) is 54.7 Å². The van der Waals surface area contributed by atoms with E-state index >= 15 is 0 Å². The Bertz CT molecular complexity index is 724. The second kappa shape index (κ2) is 5.05. The van der Waals surface area contributed by atoms with Gasteiger partial charge in [0.25, 0.3) is 0 Å². The molecule has 4 nitrogen and oxygen atoms in total. The summed E-state index contributed by atoms with van der Waals surface area (Å²) in [6, 6.07) is 15.2. The summed E-state index contributed by atoms with van der Waals surface area (Å²) in [6.07, 6.45) is 1.24. The van der Waals surface area contributed by atoms with E-state index in [0.29, 0.717) is 17.2 Å². The van der Waals surface area contributed by atoms with Crippen molar-refractivity contribution in [1.82, 2.24) is 0 Å². The number of nitrogens with zero attached hydrogens (tertiary/aromatic N) is 1. The summed E-state index contributed by atoms with van der Waals surface area (Å²) in [5.41, 5.74) is 1.29. The van der Waals surface area contributed by atoms with Gasteiger partial charge in [0.15, 0.2) is 5.60 Å². The molecular weight excluding hydrogens is 264 g/mol. The van der Waals surface area contributed by atoms with Crippen LogP contribution in [0.5, 0.6) is 11.5 Å². The highest BCUT2D eigenvalue weighted by Crippen LogP contribution is 2.42. The molecule has 1 unspecified atom stereocenters. The van der Waals surface area contributed by atoms with Crippen LogP contribution in [-0.4, -0.2) is 19.0 Å². The SMILES string of the molecule is COc1ccccc1C1(C)Oc2ccccc2N=C1C=N. The van der Waals surface area contributed by atoms with Crippen LogP contribution >= 0.6 is 0 Å². The van der Waals surface area contributed by atoms with Crippen molar-refractivity contribution >= 4 is 17.6 Å². The van der Waals surface area contributed by atoms with Crippen molar-refractivity contribution in [2.24, 2.45) is 4.99 Å². The van der Waals surface area contributed by atoms with E-state index in [2.05, 4.69) is 4.99 Å². The number of hydrogen-bond donors (Lipinski definition) is 1. The van der Waals surface area contributed by atoms with Crippen LogP contribution < -0.4 is 9.47 Å². The van der Waals surface area contributed by atoms with Gasteiger partial charge in [0.2, 0.25) is 0 Å². The second-order valence-corrected chi connectivity index (χ2v) is 4.94. The molecule has 0 saturated carbocycles. The van der Waals surface area contributed by atoms with Crippen LogP contribution in [-0.2, 0) is 5.60 Å². The summed E-state index contributed by atoms with van der Waals surface area (Å²) in [5.74, 6) is 1.42. The minimum atomic E-state index is -0.845. The third-order valence-electron chi connectivity index (χ3n) is 3.67. The fraction of sp³-hybridized carbons (Fsp3) is 0.176. The summed E-state index contributed by atoms with van der Waals surface area (Å²) >= 11 is 0. The molecule has 0 aromatic heterocycles. The normalized spacial score (nSPS) is 20.0. The molecule has 106 valence electrons. The van der Waals surface area contributed by atoms with Crippen molar-refractivity contribution in [3.63, 3.8) is 0 Å². The van der Waals surface area contributed by atoms with Gasteiger partial charge in [-0.1, -0.05) is 30.3 Å². The molecule has 0 aliphatic carbocycles. The summed E-state index contributed by atoms with van der Waals surface area (Å²) in [7, 11) is 1.63. The predicted molar refractivity (Wildman–Crippen MR) is 83.3 cm³/mol. The average molecular weight is 280 g/mol. The first-order valence-corrected chi connectivity index (χ1v) is 6.70. The quantitative estimate of drug-likeness (QED) is 0.871. The minimum absolute atomic E-state index is 0.547. The van der Waals surface area contributed by atoms with E-state index in [1.165, 1.54) is 6.21 Å². The molecule has 0 amide bonds. The molecule has 0 bridgehead atoms. The van der Waals surface area contributed by atoms with Crippen LogP contribution in [0, 0.1) is 5.41 Å². The van der Waals surface area contributed by atoms with Crippen LogP contribution in [0.4, 0.5) is 5.69 Å². The molecule has 0 radical (unpaired) electrons. The monoisotopic (exact) mass is 280 g/mol. The Balaban J connectivity index is 2.19. The summed E-state index contributed by atoms with van der Waals surface area (Å²) in [6.45, 7) is 1.91. The molecule has 1 aliphatic rings. The van der Waals surface area contributed by atoms with E-state index in [1.54, 1.807) is 7.11 Å². The molecule has 2 aromatic carbocycles. The highest BCUT2D eigenvalue weighted by Gasteiger charge is 2.39. The lowest BCUT2D eigenvalue weighted by Crippen LogP contribution is -2.41. The van der Waals surface area contributed by atoms with E-state index < -0.39 is 5.60 Å². The molecule has 1 heterocycles. The Morgan fingerprint density at radius 1 is 1.14 bits per heavy atom. The Kier molecular flexibility index (Phi) is 3.22. The largest absolute Gasteiger partial charge is 0.496 e. The number of benzene rings is 2. The zero-order valence-corrected chi connectivity index (χ0v) is 12.0. The molecule has 3 rings (SSSR count). The third-order valence-corrected chi connectivity index (χ3v) is 3.67. The van der Waals surface area contributed by atoms with Crippen LogP contribution in [0.3, 0.4) is 0 Å². The number of hydrogen-bond acceptors (Lipinski definition) is 4.